The molecule has 1 heterocycles. The van der Waals surface area contributed by atoms with E-state index in [-0.39, 0.29) is 0 Å². The van der Waals surface area contributed by atoms with E-state index in [0.717, 1.165) is 17.9 Å². The molecule has 15 heavy (non-hydrogen) atoms. The largest absolute Gasteiger partial charge is 0.302 e. The Kier molecular flexibility index (Phi) is 3.50. The average molecular weight is 207 g/mol. The summed E-state index contributed by atoms with van der Waals surface area (Å²) in [4.78, 5) is 2.62. The van der Waals surface area contributed by atoms with Gasteiger partial charge in [-0.2, -0.15) is 0 Å². The highest BCUT2D eigenvalue weighted by molar-refractivity contribution is 5.13. The summed E-state index contributed by atoms with van der Waals surface area (Å²) in [5.41, 5.74) is 1.70. The van der Waals surface area contributed by atoms with Crippen LogP contribution in [0.4, 0.5) is 0 Å². The second-order valence-electron chi connectivity index (χ2n) is 5.45. The molecule has 0 radical (unpaired) electrons. The predicted octanol–water partition coefficient (Wildman–Crippen LogP) is 3.46. The topological polar surface area (TPSA) is 3.24 Å². The van der Waals surface area contributed by atoms with Crippen molar-refractivity contribution in [1.82, 2.24) is 4.90 Å². The normalized spacial score (nSPS) is 38.1. The summed E-state index contributed by atoms with van der Waals surface area (Å²) in [6, 6.07) is 0.838. The predicted molar refractivity (Wildman–Crippen MR) is 65.9 cm³/mol. The SMILES string of the molecule is CCC1=CC2CCCCC2N(C)CC1C. The zero-order chi connectivity index (χ0) is 10.8. The number of hydrogen-bond acceptors (Lipinski definition) is 1. The lowest BCUT2D eigenvalue weighted by Crippen LogP contribution is -2.39. The van der Waals surface area contributed by atoms with Crippen LogP contribution < -0.4 is 0 Å². The summed E-state index contributed by atoms with van der Waals surface area (Å²) in [7, 11) is 2.33. The van der Waals surface area contributed by atoms with Crippen LogP contribution in [0.1, 0.15) is 46.0 Å². The molecule has 1 saturated carbocycles. The highest BCUT2D eigenvalue weighted by Gasteiger charge is 2.30. The van der Waals surface area contributed by atoms with Gasteiger partial charge in [0.05, 0.1) is 0 Å². The second kappa shape index (κ2) is 4.69. The number of fused-ring (bicyclic) bond motifs is 1. The van der Waals surface area contributed by atoms with Crippen LogP contribution in [0.25, 0.3) is 0 Å². The molecule has 0 aromatic heterocycles. The van der Waals surface area contributed by atoms with Crippen molar-refractivity contribution in [3.8, 4) is 0 Å². The first-order chi connectivity index (χ1) is 7.22. The molecule has 2 aliphatic rings. The molecular weight excluding hydrogens is 182 g/mol. The molecule has 1 heteroatoms. The van der Waals surface area contributed by atoms with Gasteiger partial charge in [-0.1, -0.05) is 38.3 Å². The van der Waals surface area contributed by atoms with E-state index in [4.69, 9.17) is 0 Å². The fourth-order valence-electron chi connectivity index (χ4n) is 3.47. The monoisotopic (exact) mass is 207 g/mol. The Labute approximate surface area is 94.5 Å². The van der Waals surface area contributed by atoms with Gasteiger partial charge in [0.25, 0.3) is 0 Å². The molecule has 1 fully saturated rings. The Morgan fingerprint density at radius 2 is 2.07 bits per heavy atom. The Balaban J connectivity index is 2.20. The Hall–Kier alpha value is -0.300. The van der Waals surface area contributed by atoms with Crippen molar-refractivity contribution in [2.24, 2.45) is 11.8 Å². The molecule has 3 atom stereocenters. The third-order valence-electron chi connectivity index (χ3n) is 4.38. The molecular formula is C14H25N. The van der Waals surface area contributed by atoms with E-state index < -0.39 is 0 Å². The minimum absolute atomic E-state index is 0.769. The van der Waals surface area contributed by atoms with Gasteiger partial charge in [-0.25, -0.2) is 0 Å². The highest BCUT2D eigenvalue weighted by atomic mass is 15.1. The van der Waals surface area contributed by atoms with Crippen molar-refractivity contribution in [2.75, 3.05) is 13.6 Å². The molecule has 2 rings (SSSR count). The molecule has 0 aromatic carbocycles. The van der Waals surface area contributed by atoms with Crippen molar-refractivity contribution in [2.45, 2.75) is 52.0 Å². The van der Waals surface area contributed by atoms with Gasteiger partial charge in [0.15, 0.2) is 0 Å². The van der Waals surface area contributed by atoms with Crippen LogP contribution in [-0.2, 0) is 0 Å². The standard InChI is InChI=1S/C14H25N/c1-4-12-9-13-7-5-6-8-14(13)15(3)10-11(12)2/h9,11,13-14H,4-8,10H2,1-3H3. The van der Waals surface area contributed by atoms with Crippen molar-refractivity contribution in [3.63, 3.8) is 0 Å². The lowest BCUT2D eigenvalue weighted by Gasteiger charge is -2.35. The van der Waals surface area contributed by atoms with Gasteiger partial charge >= 0.3 is 0 Å². The number of hydrogen-bond donors (Lipinski definition) is 0. The van der Waals surface area contributed by atoms with E-state index in [1.54, 1.807) is 5.57 Å². The summed E-state index contributed by atoms with van der Waals surface area (Å²) in [6.45, 7) is 5.97. The minimum Gasteiger partial charge on any atom is -0.302 e. The molecule has 1 nitrogen and oxygen atoms in total. The fourth-order valence-corrected chi connectivity index (χ4v) is 3.47. The zero-order valence-electron chi connectivity index (χ0n) is 10.5. The second-order valence-corrected chi connectivity index (χ2v) is 5.45. The van der Waals surface area contributed by atoms with Gasteiger partial charge in [0, 0.05) is 12.6 Å². The molecule has 0 saturated heterocycles. The molecule has 86 valence electrons. The van der Waals surface area contributed by atoms with Gasteiger partial charge in [0.2, 0.25) is 0 Å². The molecule has 1 aliphatic carbocycles. The van der Waals surface area contributed by atoms with Crippen LogP contribution in [0.5, 0.6) is 0 Å². The summed E-state index contributed by atoms with van der Waals surface area (Å²) in [5, 5.41) is 0. The lowest BCUT2D eigenvalue weighted by molar-refractivity contribution is 0.152. The smallest absolute Gasteiger partial charge is 0.0155 e. The van der Waals surface area contributed by atoms with E-state index >= 15 is 0 Å². The Morgan fingerprint density at radius 1 is 1.33 bits per heavy atom. The maximum absolute atomic E-state index is 2.62. The molecule has 3 unspecified atom stereocenters. The molecule has 0 spiro atoms. The summed E-state index contributed by atoms with van der Waals surface area (Å²) >= 11 is 0. The van der Waals surface area contributed by atoms with Gasteiger partial charge in [-0.05, 0) is 38.1 Å². The maximum Gasteiger partial charge on any atom is 0.0155 e. The van der Waals surface area contributed by atoms with Crippen LogP contribution in [0.2, 0.25) is 0 Å². The van der Waals surface area contributed by atoms with Crippen LogP contribution >= 0.6 is 0 Å². The first kappa shape index (κ1) is 11.2. The van der Waals surface area contributed by atoms with Crippen molar-refractivity contribution >= 4 is 0 Å². The van der Waals surface area contributed by atoms with Crippen molar-refractivity contribution in [1.29, 1.82) is 0 Å². The highest BCUT2D eigenvalue weighted by Crippen LogP contribution is 2.34. The molecule has 0 aromatic rings. The quantitative estimate of drug-likeness (QED) is 0.595. The van der Waals surface area contributed by atoms with Crippen molar-refractivity contribution < 1.29 is 0 Å². The van der Waals surface area contributed by atoms with Crippen LogP contribution in [-0.4, -0.2) is 24.5 Å². The lowest BCUT2D eigenvalue weighted by atomic mass is 9.83. The zero-order valence-corrected chi connectivity index (χ0v) is 10.5. The maximum atomic E-state index is 2.62. The fraction of sp³-hybridized carbons (Fsp3) is 0.857. The van der Waals surface area contributed by atoms with Gasteiger partial charge in [0.1, 0.15) is 0 Å². The molecule has 1 aliphatic heterocycles. The van der Waals surface area contributed by atoms with Crippen LogP contribution in [0, 0.1) is 11.8 Å². The van der Waals surface area contributed by atoms with Gasteiger partial charge < -0.3 is 4.90 Å². The van der Waals surface area contributed by atoms with Gasteiger partial charge in [-0.3, -0.25) is 0 Å². The van der Waals surface area contributed by atoms with Gasteiger partial charge in [-0.15, -0.1) is 0 Å². The summed E-state index contributed by atoms with van der Waals surface area (Å²) in [6.07, 6.45) is 9.59. The average Bonchev–Trinajstić information content (AvgIpc) is 2.36. The summed E-state index contributed by atoms with van der Waals surface area (Å²) < 4.78 is 0. The molecule has 0 bridgehead atoms. The van der Waals surface area contributed by atoms with Crippen LogP contribution in [0.3, 0.4) is 0 Å². The minimum atomic E-state index is 0.769. The third-order valence-corrected chi connectivity index (χ3v) is 4.38. The molecule has 0 amide bonds. The van der Waals surface area contributed by atoms with Crippen LogP contribution in [0.15, 0.2) is 11.6 Å². The number of rotatable bonds is 1. The first-order valence-corrected chi connectivity index (χ1v) is 6.63. The van der Waals surface area contributed by atoms with E-state index in [1.807, 2.05) is 0 Å². The molecule has 0 N–H and O–H groups in total. The van der Waals surface area contributed by atoms with Crippen molar-refractivity contribution in [3.05, 3.63) is 11.6 Å². The van der Waals surface area contributed by atoms with E-state index in [1.165, 1.54) is 38.6 Å². The number of nitrogens with zero attached hydrogens (tertiary/aromatic N) is 1. The first-order valence-electron chi connectivity index (χ1n) is 6.63. The Bertz CT molecular complexity index is 244. The van der Waals surface area contributed by atoms with E-state index in [9.17, 15) is 0 Å². The van der Waals surface area contributed by atoms with E-state index in [0.29, 0.717) is 0 Å². The summed E-state index contributed by atoms with van der Waals surface area (Å²) in [5.74, 6) is 1.62. The van der Waals surface area contributed by atoms with E-state index in [2.05, 4.69) is 31.9 Å². The Morgan fingerprint density at radius 3 is 2.80 bits per heavy atom. The third kappa shape index (κ3) is 2.28.